The first-order chi connectivity index (χ1) is 14.1. The van der Waals surface area contributed by atoms with Gasteiger partial charge in [-0.2, -0.15) is 4.31 Å². The Labute approximate surface area is 178 Å². The molecule has 3 rings (SSSR count). The molecule has 0 saturated carbocycles. The number of nitrogens with zero attached hydrogens (tertiary/aromatic N) is 1. The van der Waals surface area contributed by atoms with Crippen LogP contribution in [0.25, 0.3) is 0 Å². The highest BCUT2D eigenvalue weighted by molar-refractivity contribution is 7.89. The number of carbonyl (C=O) groups is 3. The number of aryl methyl sites for hydroxylation is 1. The molecule has 158 valence electrons. The standard InChI is InChI=1S/C19H19ClN4O5S/c1-11-3-4-12(7-15(11)20)22-18(26)10-24(2)30(28,29)13-5-6-16-14(8-13)19(27)21-9-17(25)23-16/h3-8H,9-10H2,1-2H3,(H,21,27)(H,22,26)(H,23,25). The normalized spacial score (nSPS) is 13.9. The maximum atomic E-state index is 12.9. The highest BCUT2D eigenvalue weighted by Gasteiger charge is 2.26. The second-order valence-electron chi connectivity index (χ2n) is 6.71. The predicted molar refractivity (Wildman–Crippen MR) is 112 cm³/mol. The molecule has 3 amide bonds. The van der Waals surface area contributed by atoms with Gasteiger partial charge in [-0.1, -0.05) is 17.7 Å². The number of sulfonamides is 1. The van der Waals surface area contributed by atoms with Gasteiger partial charge >= 0.3 is 0 Å². The van der Waals surface area contributed by atoms with Gasteiger partial charge < -0.3 is 16.0 Å². The molecule has 0 saturated heterocycles. The summed E-state index contributed by atoms with van der Waals surface area (Å²) in [5.41, 5.74) is 1.52. The average Bonchev–Trinajstić information content (AvgIpc) is 2.82. The summed E-state index contributed by atoms with van der Waals surface area (Å²) >= 11 is 6.03. The molecule has 1 aliphatic heterocycles. The summed E-state index contributed by atoms with van der Waals surface area (Å²) in [6.07, 6.45) is 0. The zero-order valence-corrected chi connectivity index (χ0v) is 17.7. The number of hydrogen-bond acceptors (Lipinski definition) is 5. The van der Waals surface area contributed by atoms with E-state index in [4.69, 9.17) is 11.6 Å². The van der Waals surface area contributed by atoms with E-state index in [0.29, 0.717) is 10.7 Å². The Morgan fingerprint density at radius 3 is 2.63 bits per heavy atom. The lowest BCUT2D eigenvalue weighted by Gasteiger charge is -2.18. The number of amides is 3. The van der Waals surface area contributed by atoms with Crippen LogP contribution in [0.4, 0.5) is 11.4 Å². The van der Waals surface area contributed by atoms with Crippen LogP contribution in [0.1, 0.15) is 15.9 Å². The third-order valence-corrected chi connectivity index (χ3v) is 6.66. The Morgan fingerprint density at radius 1 is 1.20 bits per heavy atom. The maximum Gasteiger partial charge on any atom is 0.253 e. The zero-order chi connectivity index (χ0) is 22.1. The molecule has 30 heavy (non-hydrogen) atoms. The first-order valence-electron chi connectivity index (χ1n) is 8.82. The third-order valence-electron chi connectivity index (χ3n) is 4.45. The van der Waals surface area contributed by atoms with Crippen molar-refractivity contribution in [2.75, 3.05) is 30.8 Å². The number of rotatable bonds is 5. The van der Waals surface area contributed by atoms with Crippen molar-refractivity contribution in [1.82, 2.24) is 9.62 Å². The van der Waals surface area contributed by atoms with Gasteiger partial charge in [0, 0.05) is 17.8 Å². The molecule has 2 aromatic carbocycles. The third kappa shape index (κ3) is 4.61. The topological polar surface area (TPSA) is 125 Å². The maximum absolute atomic E-state index is 12.9. The van der Waals surface area contributed by atoms with Gasteiger partial charge in [-0.25, -0.2) is 8.42 Å². The van der Waals surface area contributed by atoms with E-state index in [1.54, 1.807) is 18.2 Å². The highest BCUT2D eigenvalue weighted by Crippen LogP contribution is 2.24. The van der Waals surface area contributed by atoms with Gasteiger partial charge in [0.05, 0.1) is 29.2 Å². The van der Waals surface area contributed by atoms with Crippen molar-refractivity contribution in [1.29, 1.82) is 0 Å². The summed E-state index contributed by atoms with van der Waals surface area (Å²) < 4.78 is 26.6. The summed E-state index contributed by atoms with van der Waals surface area (Å²) in [7, 11) is -2.82. The summed E-state index contributed by atoms with van der Waals surface area (Å²) in [4.78, 5) is 35.8. The molecule has 11 heteroatoms. The molecular formula is C19H19ClN4O5S. The fourth-order valence-corrected chi connectivity index (χ4v) is 4.10. The fraction of sp³-hybridized carbons (Fsp3) is 0.211. The molecule has 2 aromatic rings. The molecule has 1 aliphatic rings. The van der Waals surface area contributed by atoms with E-state index in [9.17, 15) is 22.8 Å². The van der Waals surface area contributed by atoms with Crippen LogP contribution in [0.3, 0.4) is 0 Å². The lowest BCUT2D eigenvalue weighted by atomic mass is 10.1. The summed E-state index contributed by atoms with van der Waals surface area (Å²) in [6.45, 7) is 1.16. The molecule has 0 atom stereocenters. The van der Waals surface area contributed by atoms with Crippen LogP contribution in [-0.2, 0) is 19.6 Å². The van der Waals surface area contributed by atoms with Crippen molar-refractivity contribution < 1.29 is 22.8 Å². The second-order valence-corrected chi connectivity index (χ2v) is 9.16. The number of nitrogens with one attached hydrogen (secondary N) is 3. The number of benzene rings is 2. The molecule has 0 radical (unpaired) electrons. The molecule has 0 spiro atoms. The van der Waals surface area contributed by atoms with Crippen LogP contribution in [0, 0.1) is 6.92 Å². The van der Waals surface area contributed by atoms with Gasteiger partial charge in [0.1, 0.15) is 0 Å². The number of hydrogen-bond donors (Lipinski definition) is 3. The van der Waals surface area contributed by atoms with E-state index in [1.165, 1.54) is 25.2 Å². The number of fused-ring (bicyclic) bond motifs is 1. The van der Waals surface area contributed by atoms with Crippen molar-refractivity contribution in [3.05, 3.63) is 52.5 Å². The fourth-order valence-electron chi connectivity index (χ4n) is 2.77. The van der Waals surface area contributed by atoms with Gasteiger partial charge in [-0.15, -0.1) is 0 Å². The van der Waals surface area contributed by atoms with Gasteiger partial charge in [-0.3, -0.25) is 14.4 Å². The quantitative estimate of drug-likeness (QED) is 0.638. The second kappa shape index (κ2) is 8.42. The number of halogens is 1. The monoisotopic (exact) mass is 450 g/mol. The van der Waals surface area contributed by atoms with E-state index in [1.807, 2.05) is 6.92 Å². The molecular weight excluding hydrogens is 432 g/mol. The molecule has 0 fully saturated rings. The minimum absolute atomic E-state index is 0.0223. The molecule has 9 nitrogen and oxygen atoms in total. The average molecular weight is 451 g/mol. The van der Waals surface area contributed by atoms with E-state index in [-0.39, 0.29) is 22.7 Å². The molecule has 0 aromatic heterocycles. The van der Waals surface area contributed by atoms with E-state index in [0.717, 1.165) is 9.87 Å². The Bertz CT molecular complexity index is 1150. The minimum Gasteiger partial charge on any atom is -0.343 e. The summed E-state index contributed by atoms with van der Waals surface area (Å²) in [5.74, 6) is -1.54. The summed E-state index contributed by atoms with van der Waals surface area (Å²) in [6, 6.07) is 8.74. The van der Waals surface area contributed by atoms with Crippen LogP contribution in [-0.4, -0.2) is 50.6 Å². The largest absolute Gasteiger partial charge is 0.343 e. The van der Waals surface area contributed by atoms with Gasteiger partial charge in [-0.05, 0) is 42.8 Å². The Balaban J connectivity index is 1.77. The van der Waals surface area contributed by atoms with E-state index < -0.39 is 34.3 Å². The molecule has 0 aliphatic carbocycles. The van der Waals surface area contributed by atoms with E-state index in [2.05, 4.69) is 16.0 Å². The van der Waals surface area contributed by atoms with Crippen LogP contribution in [0.2, 0.25) is 5.02 Å². The van der Waals surface area contributed by atoms with Crippen molar-refractivity contribution in [2.24, 2.45) is 0 Å². The van der Waals surface area contributed by atoms with Crippen LogP contribution in [0.15, 0.2) is 41.3 Å². The van der Waals surface area contributed by atoms with Crippen molar-refractivity contribution >= 4 is 50.7 Å². The summed E-state index contributed by atoms with van der Waals surface area (Å²) in [5, 5.41) is 7.98. The van der Waals surface area contributed by atoms with Gasteiger partial charge in [0.25, 0.3) is 5.91 Å². The number of likely N-dealkylation sites (N-methyl/N-ethyl adjacent to an activating group) is 1. The van der Waals surface area contributed by atoms with Crippen LogP contribution < -0.4 is 16.0 Å². The number of carbonyl (C=O) groups excluding carboxylic acids is 3. The highest BCUT2D eigenvalue weighted by atomic mass is 35.5. The lowest BCUT2D eigenvalue weighted by molar-refractivity contribution is -0.116. The molecule has 0 bridgehead atoms. The molecule has 0 unspecified atom stereocenters. The van der Waals surface area contributed by atoms with Crippen molar-refractivity contribution in [3.8, 4) is 0 Å². The first kappa shape index (κ1) is 21.8. The molecule has 3 N–H and O–H groups in total. The van der Waals surface area contributed by atoms with Crippen LogP contribution in [0.5, 0.6) is 0 Å². The van der Waals surface area contributed by atoms with Gasteiger partial charge in [0.2, 0.25) is 21.8 Å². The Morgan fingerprint density at radius 2 is 1.93 bits per heavy atom. The Hall–Kier alpha value is -2.95. The van der Waals surface area contributed by atoms with Crippen molar-refractivity contribution in [3.63, 3.8) is 0 Å². The zero-order valence-electron chi connectivity index (χ0n) is 16.2. The van der Waals surface area contributed by atoms with Crippen molar-refractivity contribution in [2.45, 2.75) is 11.8 Å². The lowest BCUT2D eigenvalue weighted by Crippen LogP contribution is -2.35. The minimum atomic E-state index is -4.07. The van der Waals surface area contributed by atoms with E-state index >= 15 is 0 Å². The van der Waals surface area contributed by atoms with Gasteiger partial charge in [0.15, 0.2) is 0 Å². The predicted octanol–water partition coefficient (Wildman–Crippen LogP) is 1.59. The smallest absolute Gasteiger partial charge is 0.253 e. The molecule has 1 heterocycles. The van der Waals surface area contributed by atoms with Crippen LogP contribution >= 0.6 is 11.6 Å². The SMILES string of the molecule is Cc1ccc(NC(=O)CN(C)S(=O)(=O)c2ccc3c(c2)C(=O)NCC(=O)N3)cc1Cl. The first-order valence-corrected chi connectivity index (χ1v) is 10.6. The number of anilines is 2. The Kier molecular flexibility index (Phi) is 6.11.